The zero-order valence-electron chi connectivity index (χ0n) is 12.2. The first-order valence-corrected chi connectivity index (χ1v) is 6.58. The zero-order valence-corrected chi connectivity index (χ0v) is 12.2. The summed E-state index contributed by atoms with van der Waals surface area (Å²) in [6.45, 7) is 6.71. The van der Waals surface area contributed by atoms with Crippen LogP contribution >= 0.6 is 0 Å². The van der Waals surface area contributed by atoms with Crippen molar-refractivity contribution in [2.75, 3.05) is 19.8 Å². The Morgan fingerprint density at radius 3 is 2.65 bits per heavy atom. The Kier molecular flexibility index (Phi) is 6.50. The van der Waals surface area contributed by atoms with E-state index in [1.165, 1.54) is 12.1 Å². The number of hydrogen-bond acceptors (Lipinski definition) is 3. The van der Waals surface area contributed by atoms with E-state index in [4.69, 9.17) is 14.6 Å². The van der Waals surface area contributed by atoms with Gasteiger partial charge in [-0.25, -0.2) is 4.39 Å². The summed E-state index contributed by atoms with van der Waals surface area (Å²) < 4.78 is 24.3. The summed E-state index contributed by atoms with van der Waals surface area (Å²) in [6.07, 6.45) is 0.350. The zero-order chi connectivity index (χ0) is 15.0. The molecule has 0 saturated carbocycles. The van der Waals surface area contributed by atoms with Gasteiger partial charge in [-0.15, -0.1) is 0 Å². The molecular weight excluding hydrogens is 259 g/mol. The van der Waals surface area contributed by atoms with Crippen molar-refractivity contribution in [3.8, 4) is 17.6 Å². The van der Waals surface area contributed by atoms with E-state index in [1.807, 2.05) is 20.8 Å². The average molecular weight is 280 g/mol. The van der Waals surface area contributed by atoms with E-state index in [1.54, 1.807) is 6.07 Å². The molecule has 0 aliphatic rings. The second-order valence-electron chi connectivity index (χ2n) is 5.23. The summed E-state index contributed by atoms with van der Waals surface area (Å²) in [5.74, 6) is 5.71. The fourth-order valence-corrected chi connectivity index (χ4v) is 1.44. The predicted molar refractivity (Wildman–Crippen MR) is 76.2 cm³/mol. The number of rotatable bonds is 5. The maximum absolute atomic E-state index is 13.2. The molecule has 1 aromatic carbocycles. The molecule has 1 aromatic rings. The van der Waals surface area contributed by atoms with Crippen molar-refractivity contribution in [2.45, 2.75) is 32.8 Å². The van der Waals surface area contributed by atoms with Crippen LogP contribution in [0.15, 0.2) is 18.2 Å². The second-order valence-corrected chi connectivity index (χ2v) is 5.23. The Labute approximate surface area is 119 Å². The van der Waals surface area contributed by atoms with E-state index in [0.717, 1.165) is 0 Å². The monoisotopic (exact) mass is 280 g/mol. The molecule has 0 atom stereocenters. The van der Waals surface area contributed by atoms with Gasteiger partial charge >= 0.3 is 0 Å². The number of ether oxygens (including phenoxy) is 2. The molecule has 0 bridgehead atoms. The third-order valence-corrected chi connectivity index (χ3v) is 2.28. The van der Waals surface area contributed by atoms with Crippen LogP contribution in [0.25, 0.3) is 0 Å². The smallest absolute Gasteiger partial charge is 0.135 e. The van der Waals surface area contributed by atoms with E-state index >= 15 is 0 Å². The Morgan fingerprint density at radius 1 is 1.25 bits per heavy atom. The Bertz CT molecular complexity index is 481. The number of benzene rings is 1. The Morgan fingerprint density at radius 2 is 2.00 bits per heavy atom. The van der Waals surface area contributed by atoms with Crippen molar-refractivity contribution in [3.63, 3.8) is 0 Å². The molecule has 1 rings (SSSR count). The molecule has 0 amide bonds. The molecule has 110 valence electrons. The van der Waals surface area contributed by atoms with Crippen LogP contribution in [0, 0.1) is 17.7 Å². The molecular formula is C16H21FO3. The number of hydrogen-bond donors (Lipinski definition) is 1. The van der Waals surface area contributed by atoms with Crippen LogP contribution in [0.2, 0.25) is 0 Å². The molecule has 0 radical (unpaired) electrons. The van der Waals surface area contributed by atoms with Gasteiger partial charge < -0.3 is 14.6 Å². The van der Waals surface area contributed by atoms with E-state index in [0.29, 0.717) is 30.9 Å². The van der Waals surface area contributed by atoms with Crippen molar-refractivity contribution < 1.29 is 19.0 Å². The lowest BCUT2D eigenvalue weighted by atomic mass is 10.2. The maximum atomic E-state index is 13.2. The van der Waals surface area contributed by atoms with Gasteiger partial charge in [0.05, 0.1) is 24.4 Å². The molecule has 3 nitrogen and oxygen atoms in total. The lowest BCUT2D eigenvalue weighted by Gasteiger charge is -2.19. The van der Waals surface area contributed by atoms with E-state index < -0.39 is 0 Å². The van der Waals surface area contributed by atoms with Crippen molar-refractivity contribution >= 4 is 0 Å². The van der Waals surface area contributed by atoms with E-state index in [9.17, 15) is 4.39 Å². The molecule has 20 heavy (non-hydrogen) atoms. The SMILES string of the molecule is CC(C)(C)OCCOc1ccc(F)cc1C#CCCO. The fraction of sp³-hybridized carbons (Fsp3) is 0.500. The molecule has 0 fully saturated rings. The first-order chi connectivity index (χ1) is 9.42. The van der Waals surface area contributed by atoms with Crippen molar-refractivity contribution in [2.24, 2.45) is 0 Å². The lowest BCUT2D eigenvalue weighted by Crippen LogP contribution is -2.22. The molecule has 0 heterocycles. The van der Waals surface area contributed by atoms with Gasteiger partial charge in [0.1, 0.15) is 18.2 Å². The van der Waals surface area contributed by atoms with Gasteiger partial charge in [0, 0.05) is 6.42 Å². The van der Waals surface area contributed by atoms with Crippen LogP contribution in [-0.4, -0.2) is 30.5 Å². The standard InChI is InChI=1S/C16H21FO3/c1-16(2,3)20-11-10-19-15-8-7-14(17)12-13(15)6-4-5-9-18/h7-8,12,18H,5,9-11H2,1-3H3. The molecule has 0 aliphatic heterocycles. The summed E-state index contributed by atoms with van der Waals surface area (Å²) in [5.41, 5.74) is 0.268. The van der Waals surface area contributed by atoms with Crippen LogP contribution in [-0.2, 0) is 4.74 Å². The molecule has 1 N–H and O–H groups in total. The lowest BCUT2D eigenvalue weighted by molar-refractivity contribution is -0.0163. The third-order valence-electron chi connectivity index (χ3n) is 2.28. The van der Waals surface area contributed by atoms with E-state index in [2.05, 4.69) is 11.8 Å². The van der Waals surface area contributed by atoms with Crippen LogP contribution in [0.1, 0.15) is 32.8 Å². The van der Waals surface area contributed by atoms with Crippen LogP contribution in [0.5, 0.6) is 5.75 Å². The fourth-order valence-electron chi connectivity index (χ4n) is 1.44. The highest BCUT2D eigenvalue weighted by molar-refractivity contribution is 5.46. The molecule has 0 aromatic heterocycles. The van der Waals surface area contributed by atoms with Gasteiger partial charge in [-0.1, -0.05) is 11.8 Å². The van der Waals surface area contributed by atoms with Gasteiger partial charge in [-0.2, -0.15) is 0 Å². The van der Waals surface area contributed by atoms with E-state index in [-0.39, 0.29) is 18.0 Å². The van der Waals surface area contributed by atoms with Crippen molar-refractivity contribution in [3.05, 3.63) is 29.6 Å². The predicted octanol–water partition coefficient (Wildman–Crippen LogP) is 2.75. The quantitative estimate of drug-likeness (QED) is 0.666. The molecule has 0 unspecified atom stereocenters. The minimum absolute atomic E-state index is 0.0159. The number of halogens is 1. The van der Waals surface area contributed by atoms with Crippen LogP contribution in [0.3, 0.4) is 0 Å². The van der Waals surface area contributed by atoms with Gasteiger partial charge in [-0.05, 0) is 39.0 Å². The Hall–Kier alpha value is -1.57. The minimum Gasteiger partial charge on any atom is -0.490 e. The number of aliphatic hydroxyl groups excluding tert-OH is 1. The molecule has 0 saturated heterocycles. The highest BCUT2D eigenvalue weighted by Gasteiger charge is 2.10. The number of aliphatic hydroxyl groups is 1. The summed E-state index contributed by atoms with van der Waals surface area (Å²) in [4.78, 5) is 0. The van der Waals surface area contributed by atoms with Crippen molar-refractivity contribution in [1.29, 1.82) is 0 Å². The summed E-state index contributed by atoms with van der Waals surface area (Å²) in [7, 11) is 0. The normalized spacial score (nSPS) is 10.8. The highest BCUT2D eigenvalue weighted by atomic mass is 19.1. The largest absolute Gasteiger partial charge is 0.490 e. The van der Waals surface area contributed by atoms with Crippen LogP contribution < -0.4 is 4.74 Å². The third kappa shape index (κ3) is 6.55. The Balaban J connectivity index is 2.63. The van der Waals surface area contributed by atoms with Gasteiger partial charge in [-0.3, -0.25) is 0 Å². The summed E-state index contributed by atoms with van der Waals surface area (Å²) in [6, 6.07) is 4.21. The van der Waals surface area contributed by atoms with Gasteiger partial charge in [0.15, 0.2) is 0 Å². The topological polar surface area (TPSA) is 38.7 Å². The summed E-state index contributed by atoms with van der Waals surface area (Å²) in [5, 5.41) is 8.69. The summed E-state index contributed by atoms with van der Waals surface area (Å²) >= 11 is 0. The van der Waals surface area contributed by atoms with Gasteiger partial charge in [0.2, 0.25) is 0 Å². The molecule has 0 aliphatic carbocycles. The highest BCUT2D eigenvalue weighted by Crippen LogP contribution is 2.19. The molecule has 4 heteroatoms. The maximum Gasteiger partial charge on any atom is 0.135 e. The first kappa shape index (κ1) is 16.5. The van der Waals surface area contributed by atoms with Crippen LogP contribution in [0.4, 0.5) is 4.39 Å². The minimum atomic E-state index is -0.364. The van der Waals surface area contributed by atoms with Crippen molar-refractivity contribution in [1.82, 2.24) is 0 Å². The second kappa shape index (κ2) is 7.88. The molecule has 0 spiro atoms. The average Bonchev–Trinajstić information content (AvgIpc) is 2.36. The first-order valence-electron chi connectivity index (χ1n) is 6.58. The van der Waals surface area contributed by atoms with Gasteiger partial charge in [0.25, 0.3) is 0 Å².